The van der Waals surface area contributed by atoms with Crippen molar-refractivity contribution in [2.24, 2.45) is 17.6 Å². The van der Waals surface area contributed by atoms with Gasteiger partial charge in [-0.05, 0) is 11.1 Å². The minimum absolute atomic E-state index is 0.0217. The van der Waals surface area contributed by atoms with Gasteiger partial charge in [-0.3, -0.25) is 19.3 Å². The number of hydrogen-bond donors (Lipinski definition) is 1. The molecule has 6 heteroatoms. The molecule has 1 unspecified atom stereocenters. The van der Waals surface area contributed by atoms with E-state index in [0.29, 0.717) is 30.8 Å². The largest absolute Gasteiger partial charge is 0.348 e. The lowest BCUT2D eigenvalue weighted by Gasteiger charge is -2.43. The van der Waals surface area contributed by atoms with Crippen LogP contribution >= 0.6 is 0 Å². The molecular formula is C30H33N3O3. The highest BCUT2D eigenvalue weighted by atomic mass is 16.2. The van der Waals surface area contributed by atoms with Crippen LogP contribution < -0.4 is 5.73 Å². The molecule has 36 heavy (non-hydrogen) atoms. The molecule has 3 atom stereocenters. The van der Waals surface area contributed by atoms with E-state index < -0.39 is 11.8 Å². The zero-order valence-electron chi connectivity index (χ0n) is 20.8. The first-order chi connectivity index (χ1) is 17.4. The van der Waals surface area contributed by atoms with Gasteiger partial charge in [-0.25, -0.2) is 0 Å². The van der Waals surface area contributed by atoms with Gasteiger partial charge in [-0.15, -0.1) is 0 Å². The van der Waals surface area contributed by atoms with E-state index in [9.17, 15) is 14.4 Å². The Morgan fingerprint density at radius 1 is 0.806 bits per heavy atom. The number of rotatable bonds is 8. The van der Waals surface area contributed by atoms with Gasteiger partial charge in [0.2, 0.25) is 5.91 Å². The predicted octanol–water partition coefficient (Wildman–Crippen LogP) is 3.63. The lowest BCUT2D eigenvalue weighted by Crippen LogP contribution is -2.52. The summed E-state index contributed by atoms with van der Waals surface area (Å²) >= 11 is 0. The smallest absolute Gasteiger partial charge is 0.236 e. The van der Waals surface area contributed by atoms with E-state index in [1.165, 1.54) is 0 Å². The van der Waals surface area contributed by atoms with Crippen molar-refractivity contribution >= 4 is 17.5 Å². The summed E-state index contributed by atoms with van der Waals surface area (Å²) in [5, 5.41) is 0. The molecular weight excluding hydrogens is 450 g/mol. The predicted molar refractivity (Wildman–Crippen MR) is 141 cm³/mol. The Labute approximate surface area is 212 Å². The number of hydrogen-bond acceptors (Lipinski definition) is 5. The molecule has 0 saturated carbocycles. The Morgan fingerprint density at radius 2 is 1.33 bits per heavy atom. The van der Waals surface area contributed by atoms with Crippen molar-refractivity contribution in [2.45, 2.75) is 12.5 Å². The van der Waals surface area contributed by atoms with Gasteiger partial charge in [0.1, 0.15) is 0 Å². The summed E-state index contributed by atoms with van der Waals surface area (Å²) in [5.41, 5.74) is 9.04. The Morgan fingerprint density at radius 3 is 1.81 bits per heavy atom. The number of Topliss-reactive ketones (excluding diaryl/α,β-unsaturated/α-hetero) is 2. The fourth-order valence-electron chi connectivity index (χ4n) is 5.12. The topological polar surface area (TPSA) is 83.7 Å². The zero-order valence-corrected chi connectivity index (χ0v) is 20.8. The third-order valence-electron chi connectivity index (χ3n) is 7.00. The summed E-state index contributed by atoms with van der Waals surface area (Å²) in [7, 11) is 3.43. The average molecular weight is 484 g/mol. The average Bonchev–Trinajstić information content (AvgIpc) is 2.92. The van der Waals surface area contributed by atoms with Crippen molar-refractivity contribution in [1.29, 1.82) is 0 Å². The van der Waals surface area contributed by atoms with E-state index in [1.54, 1.807) is 19.0 Å². The highest BCUT2D eigenvalue weighted by molar-refractivity contribution is 6.02. The van der Waals surface area contributed by atoms with E-state index in [0.717, 1.165) is 11.1 Å². The first kappa shape index (κ1) is 25.5. The van der Waals surface area contributed by atoms with Gasteiger partial charge in [-0.2, -0.15) is 0 Å². The minimum Gasteiger partial charge on any atom is -0.348 e. The van der Waals surface area contributed by atoms with Gasteiger partial charge in [0.05, 0.1) is 6.54 Å². The van der Waals surface area contributed by atoms with Gasteiger partial charge in [-0.1, -0.05) is 84.9 Å². The number of ketones is 2. The van der Waals surface area contributed by atoms with Crippen LogP contribution in [-0.4, -0.2) is 61.0 Å². The molecule has 2 N–H and O–H groups in total. The summed E-state index contributed by atoms with van der Waals surface area (Å²) in [6, 6.07) is 26.3. The molecule has 1 amide bonds. The first-order valence-corrected chi connectivity index (χ1v) is 12.3. The summed E-state index contributed by atoms with van der Waals surface area (Å²) in [4.78, 5) is 44.0. The van der Waals surface area contributed by atoms with E-state index in [4.69, 9.17) is 5.73 Å². The lowest BCUT2D eigenvalue weighted by atomic mass is 9.68. The van der Waals surface area contributed by atoms with Crippen LogP contribution in [0.25, 0.3) is 0 Å². The molecule has 1 aliphatic heterocycles. The van der Waals surface area contributed by atoms with Crippen molar-refractivity contribution in [3.8, 4) is 0 Å². The van der Waals surface area contributed by atoms with Crippen molar-refractivity contribution in [3.05, 3.63) is 107 Å². The molecule has 0 aromatic heterocycles. The maximum absolute atomic E-state index is 13.9. The van der Waals surface area contributed by atoms with Crippen molar-refractivity contribution in [1.82, 2.24) is 9.80 Å². The Balaban J connectivity index is 1.82. The fourth-order valence-corrected chi connectivity index (χ4v) is 5.12. The number of amides is 1. The summed E-state index contributed by atoms with van der Waals surface area (Å²) in [6.45, 7) is 1.31. The van der Waals surface area contributed by atoms with Crippen LogP contribution in [0, 0.1) is 11.8 Å². The van der Waals surface area contributed by atoms with Gasteiger partial charge in [0.15, 0.2) is 11.6 Å². The molecule has 0 spiro atoms. The number of carbonyl (C=O) groups excluding carboxylic acids is 3. The lowest BCUT2D eigenvalue weighted by molar-refractivity contribution is -0.130. The van der Waals surface area contributed by atoms with E-state index in [-0.39, 0.29) is 29.9 Å². The minimum atomic E-state index is -0.498. The Bertz CT molecular complexity index is 1150. The molecule has 3 aromatic carbocycles. The van der Waals surface area contributed by atoms with Crippen LogP contribution in [0.1, 0.15) is 37.8 Å². The second kappa shape index (κ2) is 11.4. The van der Waals surface area contributed by atoms with Gasteiger partial charge in [0.25, 0.3) is 0 Å². The third-order valence-corrected chi connectivity index (χ3v) is 7.00. The van der Waals surface area contributed by atoms with Crippen molar-refractivity contribution < 1.29 is 14.4 Å². The zero-order chi connectivity index (χ0) is 25.7. The molecule has 0 bridgehead atoms. The van der Waals surface area contributed by atoms with E-state index >= 15 is 0 Å². The maximum Gasteiger partial charge on any atom is 0.236 e. The monoisotopic (exact) mass is 483 g/mol. The third kappa shape index (κ3) is 5.61. The van der Waals surface area contributed by atoms with Crippen LogP contribution in [0.4, 0.5) is 0 Å². The molecule has 1 fully saturated rings. The first-order valence-electron chi connectivity index (χ1n) is 12.3. The van der Waals surface area contributed by atoms with E-state index in [2.05, 4.69) is 0 Å². The number of nitrogens with two attached hydrogens (primary N) is 1. The van der Waals surface area contributed by atoms with Crippen LogP contribution in [-0.2, 0) is 11.3 Å². The second-order valence-electron chi connectivity index (χ2n) is 9.63. The van der Waals surface area contributed by atoms with Crippen LogP contribution in [0.5, 0.6) is 0 Å². The molecule has 0 aliphatic carbocycles. The number of carbonyl (C=O) groups is 3. The van der Waals surface area contributed by atoms with Crippen LogP contribution in [0.15, 0.2) is 84.9 Å². The summed E-state index contributed by atoms with van der Waals surface area (Å²) in [5.74, 6) is -1.44. The standard InChI is InChI=1S/C30H33N3O3/c1-32(2)27(34)20-33-18-25(29(35)22-11-5-3-6-12-22)28(24-15-9-10-21(16-24)17-31)26(19-33)30(36)23-13-7-4-8-14-23/h3-16,25-26,28H,17-20,31H2,1-2H3/t25-,26+,28?. The molecule has 1 heterocycles. The SMILES string of the molecule is CN(C)C(=O)CN1C[C@H](C(=O)c2ccccc2)C(c2cccc(CN)c2)[C@H](C(=O)c2ccccc2)C1. The molecule has 4 rings (SSSR count). The van der Waals surface area contributed by atoms with Crippen LogP contribution in [0.3, 0.4) is 0 Å². The number of likely N-dealkylation sites (N-methyl/N-ethyl adjacent to an activating group) is 1. The van der Waals surface area contributed by atoms with Crippen LogP contribution in [0.2, 0.25) is 0 Å². The molecule has 1 saturated heterocycles. The van der Waals surface area contributed by atoms with E-state index in [1.807, 2.05) is 89.8 Å². The number of benzene rings is 3. The molecule has 1 aliphatic rings. The quantitative estimate of drug-likeness (QED) is 0.495. The summed E-state index contributed by atoms with van der Waals surface area (Å²) in [6.07, 6.45) is 0. The highest BCUT2D eigenvalue weighted by Gasteiger charge is 2.45. The molecule has 6 nitrogen and oxygen atoms in total. The number of likely N-dealkylation sites (tertiary alicyclic amines) is 1. The van der Waals surface area contributed by atoms with Gasteiger partial charge >= 0.3 is 0 Å². The Kier molecular flexibility index (Phi) is 8.08. The molecule has 0 radical (unpaired) electrons. The van der Waals surface area contributed by atoms with Crippen molar-refractivity contribution in [2.75, 3.05) is 33.7 Å². The van der Waals surface area contributed by atoms with Gasteiger partial charge in [0, 0.05) is 62.6 Å². The number of piperidine rings is 1. The molecule has 3 aromatic rings. The molecule has 186 valence electrons. The van der Waals surface area contributed by atoms with Gasteiger partial charge < -0.3 is 10.6 Å². The summed E-state index contributed by atoms with van der Waals surface area (Å²) < 4.78 is 0. The fraction of sp³-hybridized carbons (Fsp3) is 0.300. The highest BCUT2D eigenvalue weighted by Crippen LogP contribution is 2.41. The number of nitrogens with zero attached hydrogens (tertiary/aromatic N) is 2. The Hall–Kier alpha value is -3.61. The van der Waals surface area contributed by atoms with Crippen molar-refractivity contribution in [3.63, 3.8) is 0 Å². The maximum atomic E-state index is 13.9. The second-order valence-corrected chi connectivity index (χ2v) is 9.63. The normalized spacial score (nSPS) is 20.0.